The van der Waals surface area contributed by atoms with Crippen LogP contribution in [0.1, 0.15) is 5.56 Å². The van der Waals surface area contributed by atoms with Gasteiger partial charge in [0.1, 0.15) is 6.07 Å². The summed E-state index contributed by atoms with van der Waals surface area (Å²) in [5.74, 6) is 0. The van der Waals surface area contributed by atoms with Crippen molar-refractivity contribution >= 4 is 38.6 Å². The van der Waals surface area contributed by atoms with Crippen molar-refractivity contribution in [3.63, 3.8) is 0 Å². The molecule has 0 unspecified atom stereocenters. The molecule has 74 valence electrons. The summed E-state index contributed by atoms with van der Waals surface area (Å²) in [6, 6.07) is 9.74. The summed E-state index contributed by atoms with van der Waals surface area (Å²) in [6.45, 7) is 0. The lowest BCUT2D eigenvalue weighted by atomic mass is 10.2. The Bertz CT molecular complexity index is 500. The molecule has 0 aliphatic rings. The van der Waals surface area contributed by atoms with Gasteiger partial charge in [0, 0.05) is 15.5 Å². The highest BCUT2D eigenvalue weighted by Gasteiger charge is 2.02. The number of anilines is 2. The van der Waals surface area contributed by atoms with Gasteiger partial charge in [0.05, 0.1) is 11.3 Å². The molecule has 2 nitrogen and oxygen atoms in total. The molecule has 1 N–H and O–H groups in total. The van der Waals surface area contributed by atoms with Gasteiger partial charge < -0.3 is 5.32 Å². The third kappa shape index (κ3) is 2.38. The molecule has 0 aliphatic heterocycles. The highest BCUT2D eigenvalue weighted by Crippen LogP contribution is 2.24. The lowest BCUT2D eigenvalue weighted by Gasteiger charge is -2.05. The fourth-order valence-corrected chi connectivity index (χ4v) is 2.16. The van der Waals surface area contributed by atoms with Crippen molar-refractivity contribution in [3.8, 4) is 6.07 Å². The summed E-state index contributed by atoms with van der Waals surface area (Å²) in [6.07, 6.45) is 0. The molecule has 0 amide bonds. The van der Waals surface area contributed by atoms with E-state index in [0.29, 0.717) is 5.56 Å². The maximum absolute atomic E-state index is 8.96. The second-order valence-corrected chi connectivity index (χ2v) is 4.63. The van der Waals surface area contributed by atoms with Gasteiger partial charge in [0.2, 0.25) is 0 Å². The third-order valence-electron chi connectivity index (χ3n) is 1.90. The molecule has 0 bridgehead atoms. The second-order valence-electron chi connectivity index (χ2n) is 2.94. The minimum Gasteiger partial charge on any atom is -0.354 e. The molecule has 1 aromatic carbocycles. The first-order valence-electron chi connectivity index (χ1n) is 4.28. The summed E-state index contributed by atoms with van der Waals surface area (Å²) in [5.41, 5.74) is 2.48. The van der Waals surface area contributed by atoms with Crippen LogP contribution < -0.4 is 5.32 Å². The molecule has 0 atom stereocenters. The van der Waals surface area contributed by atoms with Crippen LogP contribution in [0.5, 0.6) is 0 Å². The summed E-state index contributed by atoms with van der Waals surface area (Å²) in [4.78, 5) is 0. The van der Waals surface area contributed by atoms with Gasteiger partial charge in [-0.25, -0.2) is 0 Å². The van der Waals surface area contributed by atoms with Crippen molar-refractivity contribution in [3.05, 3.63) is 45.1 Å². The molecule has 0 aliphatic carbocycles. The average Bonchev–Trinajstić information content (AvgIpc) is 2.73. The van der Waals surface area contributed by atoms with Gasteiger partial charge in [0.15, 0.2) is 0 Å². The topological polar surface area (TPSA) is 35.8 Å². The maximum Gasteiger partial charge on any atom is 0.101 e. The number of halogens is 1. The van der Waals surface area contributed by atoms with E-state index >= 15 is 0 Å². The second kappa shape index (κ2) is 4.47. The fraction of sp³-hybridized carbons (Fsp3) is 0. The monoisotopic (exact) mass is 278 g/mol. The van der Waals surface area contributed by atoms with Crippen LogP contribution in [0.2, 0.25) is 0 Å². The van der Waals surface area contributed by atoms with Gasteiger partial charge in [-0.15, -0.1) is 0 Å². The Morgan fingerprint density at radius 3 is 2.87 bits per heavy atom. The highest BCUT2D eigenvalue weighted by molar-refractivity contribution is 9.10. The zero-order valence-corrected chi connectivity index (χ0v) is 10.1. The Kier molecular flexibility index (Phi) is 3.05. The zero-order valence-electron chi connectivity index (χ0n) is 7.70. The molecule has 0 saturated carbocycles. The first-order valence-corrected chi connectivity index (χ1v) is 6.02. The van der Waals surface area contributed by atoms with Crippen molar-refractivity contribution in [2.45, 2.75) is 0 Å². The number of nitrogens with one attached hydrogen (secondary N) is 1. The van der Waals surface area contributed by atoms with E-state index in [1.54, 1.807) is 17.4 Å². The van der Waals surface area contributed by atoms with Gasteiger partial charge in [-0.05, 0) is 29.6 Å². The SMILES string of the molecule is N#Cc1cc(Br)ccc1Nc1ccsc1. The molecular formula is C11H7BrN2S. The first-order chi connectivity index (χ1) is 7.29. The van der Waals surface area contributed by atoms with Gasteiger partial charge in [-0.3, -0.25) is 0 Å². The van der Waals surface area contributed by atoms with Crippen LogP contribution in [0.3, 0.4) is 0 Å². The Morgan fingerprint density at radius 2 is 2.20 bits per heavy atom. The quantitative estimate of drug-likeness (QED) is 0.897. The molecule has 4 heteroatoms. The van der Waals surface area contributed by atoms with E-state index in [2.05, 4.69) is 27.3 Å². The minimum atomic E-state index is 0.635. The molecule has 1 aromatic heterocycles. The van der Waals surface area contributed by atoms with E-state index in [1.165, 1.54) is 0 Å². The molecule has 15 heavy (non-hydrogen) atoms. The number of nitrogens with zero attached hydrogens (tertiary/aromatic N) is 1. The van der Waals surface area contributed by atoms with Crippen LogP contribution in [0.25, 0.3) is 0 Å². The van der Waals surface area contributed by atoms with Gasteiger partial charge >= 0.3 is 0 Å². The van der Waals surface area contributed by atoms with Gasteiger partial charge in [-0.2, -0.15) is 16.6 Å². The number of benzene rings is 1. The van der Waals surface area contributed by atoms with Crippen molar-refractivity contribution < 1.29 is 0 Å². The Morgan fingerprint density at radius 1 is 1.33 bits per heavy atom. The summed E-state index contributed by atoms with van der Waals surface area (Å²) in [7, 11) is 0. The maximum atomic E-state index is 8.96. The molecule has 0 fully saturated rings. The van der Waals surface area contributed by atoms with E-state index in [1.807, 2.05) is 29.0 Å². The predicted octanol–water partition coefficient (Wildman–Crippen LogP) is 4.13. The molecule has 0 spiro atoms. The van der Waals surface area contributed by atoms with Crippen molar-refractivity contribution in [2.75, 3.05) is 5.32 Å². The van der Waals surface area contributed by atoms with Crippen molar-refractivity contribution in [1.82, 2.24) is 0 Å². The Balaban J connectivity index is 2.33. The van der Waals surface area contributed by atoms with Gasteiger partial charge in [-0.1, -0.05) is 15.9 Å². The van der Waals surface area contributed by atoms with Crippen LogP contribution in [0.4, 0.5) is 11.4 Å². The highest BCUT2D eigenvalue weighted by atomic mass is 79.9. The molecule has 2 aromatic rings. The van der Waals surface area contributed by atoms with E-state index < -0.39 is 0 Å². The van der Waals surface area contributed by atoms with E-state index in [4.69, 9.17) is 5.26 Å². The summed E-state index contributed by atoms with van der Waals surface area (Å²) < 4.78 is 0.912. The van der Waals surface area contributed by atoms with E-state index in [0.717, 1.165) is 15.8 Å². The number of nitriles is 1. The number of thiophene rings is 1. The lowest BCUT2D eigenvalue weighted by Crippen LogP contribution is -1.91. The van der Waals surface area contributed by atoms with Crippen molar-refractivity contribution in [2.24, 2.45) is 0 Å². The standard InChI is InChI=1S/C11H7BrN2S/c12-9-1-2-11(8(5-9)6-13)14-10-3-4-15-7-10/h1-5,7,14H. The van der Waals surface area contributed by atoms with E-state index in [-0.39, 0.29) is 0 Å². The Hall–Kier alpha value is -1.31. The summed E-state index contributed by atoms with van der Waals surface area (Å²) in [5, 5.41) is 16.2. The van der Waals surface area contributed by atoms with Gasteiger partial charge in [0.25, 0.3) is 0 Å². The first kappa shape index (κ1) is 10.2. The minimum absolute atomic E-state index is 0.635. The molecule has 2 rings (SSSR count). The summed E-state index contributed by atoms with van der Waals surface area (Å²) >= 11 is 4.96. The van der Waals surface area contributed by atoms with Crippen LogP contribution in [-0.4, -0.2) is 0 Å². The molecular weight excluding hydrogens is 272 g/mol. The fourth-order valence-electron chi connectivity index (χ4n) is 1.21. The van der Waals surface area contributed by atoms with Crippen LogP contribution in [0.15, 0.2) is 39.5 Å². The lowest BCUT2D eigenvalue weighted by molar-refractivity contribution is 1.46. The smallest absolute Gasteiger partial charge is 0.101 e. The normalized spacial score (nSPS) is 9.60. The van der Waals surface area contributed by atoms with Crippen molar-refractivity contribution in [1.29, 1.82) is 5.26 Å². The number of hydrogen-bond donors (Lipinski definition) is 1. The average molecular weight is 279 g/mol. The number of rotatable bonds is 2. The number of hydrogen-bond acceptors (Lipinski definition) is 3. The predicted molar refractivity (Wildman–Crippen MR) is 66.5 cm³/mol. The Labute approximate surface area is 100 Å². The van der Waals surface area contributed by atoms with Crippen LogP contribution >= 0.6 is 27.3 Å². The third-order valence-corrected chi connectivity index (χ3v) is 3.08. The zero-order chi connectivity index (χ0) is 10.7. The molecule has 0 radical (unpaired) electrons. The van der Waals surface area contributed by atoms with Crippen LogP contribution in [-0.2, 0) is 0 Å². The van der Waals surface area contributed by atoms with E-state index in [9.17, 15) is 0 Å². The molecule has 1 heterocycles. The van der Waals surface area contributed by atoms with Crippen LogP contribution in [0, 0.1) is 11.3 Å². The molecule has 0 saturated heterocycles. The largest absolute Gasteiger partial charge is 0.354 e.